The molecule has 0 amide bonds. The van der Waals surface area contributed by atoms with E-state index in [4.69, 9.17) is 0 Å². The molecule has 0 saturated heterocycles. The van der Waals surface area contributed by atoms with E-state index < -0.39 is 6.10 Å². The van der Waals surface area contributed by atoms with Crippen LogP contribution in [0.1, 0.15) is 11.7 Å². The van der Waals surface area contributed by atoms with Gasteiger partial charge in [-0.25, -0.2) is 4.39 Å². The minimum absolute atomic E-state index is 0.295. The second kappa shape index (κ2) is 6.15. The first-order chi connectivity index (χ1) is 8.65. The van der Waals surface area contributed by atoms with Crippen LogP contribution in [-0.2, 0) is 0 Å². The zero-order valence-corrected chi connectivity index (χ0v) is 11.8. The van der Waals surface area contributed by atoms with Gasteiger partial charge in [-0.2, -0.15) is 0 Å². The monoisotopic (exact) mass is 357 g/mol. The Morgan fingerprint density at radius 1 is 1.06 bits per heavy atom. The molecule has 0 fully saturated rings. The normalized spacial score (nSPS) is 12.2. The lowest BCUT2D eigenvalue weighted by atomic mass is 10.1. The SMILES string of the molecule is OC(CNc1ccc(I)cc1)c1ccc(F)cc1. The van der Waals surface area contributed by atoms with Crippen LogP contribution in [0.5, 0.6) is 0 Å². The molecule has 1 atom stereocenters. The van der Waals surface area contributed by atoms with Crippen LogP contribution in [0.2, 0.25) is 0 Å². The summed E-state index contributed by atoms with van der Waals surface area (Å²) in [4.78, 5) is 0. The van der Waals surface area contributed by atoms with E-state index in [0.717, 1.165) is 9.26 Å². The Morgan fingerprint density at radius 3 is 2.28 bits per heavy atom. The zero-order valence-electron chi connectivity index (χ0n) is 9.61. The Balaban J connectivity index is 1.93. The topological polar surface area (TPSA) is 32.3 Å². The highest BCUT2D eigenvalue weighted by Crippen LogP contribution is 2.16. The number of halogens is 2. The first kappa shape index (κ1) is 13.3. The molecule has 2 aromatic rings. The average Bonchev–Trinajstić information content (AvgIpc) is 2.38. The summed E-state index contributed by atoms with van der Waals surface area (Å²) in [5, 5.41) is 13.1. The van der Waals surface area contributed by atoms with Gasteiger partial charge >= 0.3 is 0 Å². The van der Waals surface area contributed by atoms with Gasteiger partial charge in [0.1, 0.15) is 5.82 Å². The molecule has 2 nitrogen and oxygen atoms in total. The van der Waals surface area contributed by atoms with Gasteiger partial charge in [-0.1, -0.05) is 12.1 Å². The van der Waals surface area contributed by atoms with E-state index in [1.54, 1.807) is 12.1 Å². The lowest BCUT2D eigenvalue weighted by Gasteiger charge is -2.13. The predicted molar refractivity (Wildman–Crippen MR) is 79.0 cm³/mol. The summed E-state index contributed by atoms with van der Waals surface area (Å²) in [6.45, 7) is 0.395. The van der Waals surface area contributed by atoms with Crippen molar-refractivity contribution in [3.63, 3.8) is 0 Å². The lowest BCUT2D eigenvalue weighted by Crippen LogP contribution is -2.12. The van der Waals surface area contributed by atoms with Gasteiger partial charge in [0.2, 0.25) is 0 Å². The molecule has 0 heterocycles. The molecule has 1 unspecified atom stereocenters. The van der Waals surface area contributed by atoms with E-state index in [-0.39, 0.29) is 5.82 Å². The molecule has 0 spiro atoms. The van der Waals surface area contributed by atoms with E-state index in [2.05, 4.69) is 27.9 Å². The van der Waals surface area contributed by atoms with Gasteiger partial charge in [0, 0.05) is 15.8 Å². The van der Waals surface area contributed by atoms with E-state index in [1.165, 1.54) is 12.1 Å². The maximum Gasteiger partial charge on any atom is 0.123 e. The van der Waals surface area contributed by atoms with Crippen molar-refractivity contribution in [2.24, 2.45) is 0 Å². The Labute approximate surface area is 119 Å². The van der Waals surface area contributed by atoms with Gasteiger partial charge in [0.25, 0.3) is 0 Å². The van der Waals surface area contributed by atoms with Gasteiger partial charge < -0.3 is 10.4 Å². The Hall–Kier alpha value is -1.14. The second-order valence-electron chi connectivity index (χ2n) is 3.96. The van der Waals surface area contributed by atoms with Gasteiger partial charge in [-0.05, 0) is 64.6 Å². The van der Waals surface area contributed by atoms with Crippen LogP contribution in [0, 0.1) is 9.39 Å². The third-order valence-electron chi connectivity index (χ3n) is 2.60. The molecule has 0 bridgehead atoms. The van der Waals surface area contributed by atoms with Gasteiger partial charge in [-0.15, -0.1) is 0 Å². The summed E-state index contributed by atoms with van der Waals surface area (Å²) in [6, 6.07) is 13.8. The maximum absolute atomic E-state index is 12.7. The van der Waals surface area contributed by atoms with Gasteiger partial charge in [-0.3, -0.25) is 0 Å². The molecule has 4 heteroatoms. The fourth-order valence-corrected chi connectivity index (χ4v) is 1.94. The first-order valence-electron chi connectivity index (χ1n) is 5.58. The third kappa shape index (κ3) is 3.68. The predicted octanol–water partition coefficient (Wildman–Crippen LogP) is 3.58. The molecule has 2 N–H and O–H groups in total. The summed E-state index contributed by atoms with van der Waals surface area (Å²) in [6.07, 6.45) is -0.648. The van der Waals surface area contributed by atoms with Crippen molar-refractivity contribution in [3.05, 3.63) is 63.5 Å². The van der Waals surface area contributed by atoms with E-state index in [9.17, 15) is 9.50 Å². The number of nitrogens with one attached hydrogen (secondary N) is 1. The van der Waals surface area contributed by atoms with Crippen LogP contribution in [0.15, 0.2) is 48.5 Å². The molecule has 18 heavy (non-hydrogen) atoms. The highest BCUT2D eigenvalue weighted by molar-refractivity contribution is 14.1. The second-order valence-corrected chi connectivity index (χ2v) is 5.20. The first-order valence-corrected chi connectivity index (χ1v) is 6.66. The summed E-state index contributed by atoms with van der Waals surface area (Å²) in [7, 11) is 0. The molecule has 0 aliphatic heterocycles. The minimum Gasteiger partial charge on any atom is -0.387 e. The van der Waals surface area contributed by atoms with Crippen molar-refractivity contribution in [3.8, 4) is 0 Å². The van der Waals surface area contributed by atoms with Crippen molar-refractivity contribution in [2.75, 3.05) is 11.9 Å². The molecule has 0 saturated carbocycles. The molecular weight excluding hydrogens is 344 g/mol. The maximum atomic E-state index is 12.7. The number of aliphatic hydroxyl groups is 1. The van der Waals surface area contributed by atoms with Gasteiger partial charge in [0.15, 0.2) is 0 Å². The molecule has 2 aromatic carbocycles. The van der Waals surface area contributed by atoms with Crippen molar-refractivity contribution >= 4 is 28.3 Å². The standard InChI is InChI=1S/C14H13FINO/c15-11-3-1-10(2-4-11)14(18)9-17-13-7-5-12(16)6-8-13/h1-8,14,17-18H,9H2. The summed E-state index contributed by atoms with van der Waals surface area (Å²) < 4.78 is 13.9. The number of anilines is 1. The van der Waals surface area contributed by atoms with E-state index in [0.29, 0.717) is 12.1 Å². The molecular formula is C14H13FINO. The summed E-state index contributed by atoms with van der Waals surface area (Å²) >= 11 is 2.24. The minimum atomic E-state index is -0.648. The van der Waals surface area contributed by atoms with Crippen molar-refractivity contribution in [1.82, 2.24) is 0 Å². The van der Waals surface area contributed by atoms with Crippen LogP contribution in [-0.4, -0.2) is 11.7 Å². The number of hydrogen-bond acceptors (Lipinski definition) is 2. The highest BCUT2D eigenvalue weighted by atomic mass is 127. The Kier molecular flexibility index (Phi) is 4.54. The third-order valence-corrected chi connectivity index (χ3v) is 3.32. The van der Waals surface area contributed by atoms with Crippen molar-refractivity contribution in [1.29, 1.82) is 0 Å². The number of hydrogen-bond donors (Lipinski definition) is 2. The smallest absolute Gasteiger partial charge is 0.123 e. The van der Waals surface area contributed by atoms with E-state index in [1.807, 2.05) is 24.3 Å². The lowest BCUT2D eigenvalue weighted by molar-refractivity contribution is 0.191. The molecule has 0 aliphatic carbocycles. The van der Waals surface area contributed by atoms with Crippen LogP contribution in [0.3, 0.4) is 0 Å². The number of benzene rings is 2. The van der Waals surface area contributed by atoms with Crippen LogP contribution in [0.4, 0.5) is 10.1 Å². The molecule has 0 aromatic heterocycles. The molecule has 0 radical (unpaired) electrons. The largest absolute Gasteiger partial charge is 0.387 e. The Morgan fingerprint density at radius 2 is 1.67 bits per heavy atom. The van der Waals surface area contributed by atoms with Gasteiger partial charge in [0.05, 0.1) is 6.10 Å². The summed E-state index contributed by atoms with van der Waals surface area (Å²) in [5.74, 6) is -0.295. The molecule has 0 aliphatic rings. The van der Waals surface area contributed by atoms with E-state index >= 15 is 0 Å². The number of rotatable bonds is 4. The van der Waals surface area contributed by atoms with Crippen molar-refractivity contribution in [2.45, 2.75) is 6.10 Å². The van der Waals surface area contributed by atoms with Crippen LogP contribution < -0.4 is 5.32 Å². The zero-order chi connectivity index (χ0) is 13.0. The number of aliphatic hydroxyl groups excluding tert-OH is 1. The van der Waals surface area contributed by atoms with Crippen molar-refractivity contribution < 1.29 is 9.50 Å². The quantitative estimate of drug-likeness (QED) is 0.820. The average molecular weight is 357 g/mol. The van der Waals surface area contributed by atoms with Crippen LogP contribution >= 0.6 is 22.6 Å². The fraction of sp³-hybridized carbons (Fsp3) is 0.143. The fourth-order valence-electron chi connectivity index (χ4n) is 1.59. The Bertz CT molecular complexity index is 498. The van der Waals surface area contributed by atoms with Crippen LogP contribution in [0.25, 0.3) is 0 Å². The molecule has 2 rings (SSSR count). The summed E-state index contributed by atoms with van der Waals surface area (Å²) in [5.41, 5.74) is 1.66. The molecule has 94 valence electrons. The highest BCUT2D eigenvalue weighted by Gasteiger charge is 2.07.